The fraction of sp³-hybridized carbons (Fsp3) is 0.375. The molecule has 0 aliphatic heterocycles. The molecule has 2 aromatic heterocycles. The van der Waals surface area contributed by atoms with Crippen molar-refractivity contribution in [1.82, 2.24) is 15.3 Å². The molecule has 4 nitrogen and oxygen atoms in total. The van der Waals surface area contributed by atoms with Gasteiger partial charge in [0.1, 0.15) is 0 Å². The van der Waals surface area contributed by atoms with Crippen molar-refractivity contribution in [2.24, 2.45) is 0 Å². The number of nitrogens with zero attached hydrogens (tertiary/aromatic N) is 3. The fourth-order valence-corrected chi connectivity index (χ4v) is 2.02. The van der Waals surface area contributed by atoms with Gasteiger partial charge in [-0.05, 0) is 37.2 Å². The molecule has 0 aliphatic rings. The van der Waals surface area contributed by atoms with E-state index < -0.39 is 0 Å². The topological polar surface area (TPSA) is 41.0 Å². The summed E-state index contributed by atoms with van der Waals surface area (Å²) in [5, 5.41) is 3.37. The monoisotopic (exact) mass is 270 g/mol. The third-order valence-corrected chi connectivity index (χ3v) is 3.10. The maximum atomic E-state index is 4.40. The van der Waals surface area contributed by atoms with Gasteiger partial charge in [-0.25, -0.2) is 0 Å². The summed E-state index contributed by atoms with van der Waals surface area (Å²) < 4.78 is 0. The van der Waals surface area contributed by atoms with Crippen LogP contribution in [0.25, 0.3) is 0 Å². The van der Waals surface area contributed by atoms with Gasteiger partial charge in [-0.1, -0.05) is 13.0 Å². The van der Waals surface area contributed by atoms with E-state index in [2.05, 4.69) is 40.2 Å². The van der Waals surface area contributed by atoms with Gasteiger partial charge < -0.3 is 10.2 Å². The Kier molecular flexibility index (Phi) is 5.50. The largest absolute Gasteiger partial charge is 0.369 e. The average Bonchev–Trinajstić information content (AvgIpc) is 2.49. The molecule has 0 amide bonds. The summed E-state index contributed by atoms with van der Waals surface area (Å²) in [6, 6.07) is 10.2. The van der Waals surface area contributed by atoms with Gasteiger partial charge in [0.25, 0.3) is 0 Å². The third-order valence-electron chi connectivity index (χ3n) is 3.10. The second-order valence-electron chi connectivity index (χ2n) is 4.86. The molecule has 0 aliphatic carbocycles. The highest BCUT2D eigenvalue weighted by Crippen LogP contribution is 2.15. The van der Waals surface area contributed by atoms with Gasteiger partial charge >= 0.3 is 0 Å². The van der Waals surface area contributed by atoms with Crippen LogP contribution in [0.15, 0.2) is 42.7 Å². The summed E-state index contributed by atoms with van der Waals surface area (Å²) >= 11 is 0. The standard InChI is InChI=1S/C16H22N4/c1-3-8-17-12-15-11-16(7-10-19-15)20(2)13-14-6-4-5-9-18-14/h4-7,9-11,17H,3,8,12-13H2,1-2H3. The molecule has 0 radical (unpaired) electrons. The number of nitrogens with one attached hydrogen (secondary N) is 1. The maximum absolute atomic E-state index is 4.40. The molecule has 0 bridgehead atoms. The summed E-state index contributed by atoms with van der Waals surface area (Å²) in [5.41, 5.74) is 3.31. The molecule has 20 heavy (non-hydrogen) atoms. The molecule has 0 saturated carbocycles. The van der Waals surface area contributed by atoms with Gasteiger partial charge in [0.15, 0.2) is 0 Å². The predicted octanol–water partition coefficient (Wildman–Crippen LogP) is 2.61. The lowest BCUT2D eigenvalue weighted by molar-refractivity contribution is 0.664. The van der Waals surface area contributed by atoms with Crippen LogP contribution in [0.2, 0.25) is 0 Å². The molecular formula is C16H22N4. The molecule has 1 N–H and O–H groups in total. The normalized spacial score (nSPS) is 10.5. The van der Waals surface area contributed by atoms with Crippen LogP contribution in [0.3, 0.4) is 0 Å². The molecule has 2 aromatic rings. The highest BCUT2D eigenvalue weighted by atomic mass is 15.1. The Balaban J connectivity index is 1.99. The summed E-state index contributed by atoms with van der Waals surface area (Å²) in [4.78, 5) is 10.9. The minimum absolute atomic E-state index is 0.798. The zero-order valence-electron chi connectivity index (χ0n) is 12.2. The quantitative estimate of drug-likeness (QED) is 0.785. The van der Waals surface area contributed by atoms with E-state index in [4.69, 9.17) is 0 Å². The highest BCUT2D eigenvalue weighted by molar-refractivity contribution is 5.45. The minimum Gasteiger partial charge on any atom is -0.369 e. The Morgan fingerprint density at radius 2 is 1.95 bits per heavy atom. The van der Waals surface area contributed by atoms with Gasteiger partial charge in [0, 0.05) is 31.7 Å². The van der Waals surface area contributed by atoms with Crippen molar-refractivity contribution in [2.45, 2.75) is 26.4 Å². The summed E-state index contributed by atoms with van der Waals surface area (Å²) in [6.07, 6.45) is 4.84. The van der Waals surface area contributed by atoms with E-state index in [1.807, 2.05) is 36.7 Å². The molecule has 0 aromatic carbocycles. The lowest BCUT2D eigenvalue weighted by Gasteiger charge is -2.19. The zero-order chi connectivity index (χ0) is 14.2. The average molecular weight is 270 g/mol. The first-order valence-corrected chi connectivity index (χ1v) is 7.06. The van der Waals surface area contributed by atoms with Crippen molar-refractivity contribution in [1.29, 1.82) is 0 Å². The molecule has 4 heteroatoms. The number of aromatic nitrogens is 2. The van der Waals surface area contributed by atoms with Crippen molar-refractivity contribution in [3.63, 3.8) is 0 Å². The Labute approximate surface area is 120 Å². The number of anilines is 1. The Morgan fingerprint density at radius 3 is 2.70 bits per heavy atom. The second-order valence-corrected chi connectivity index (χ2v) is 4.86. The van der Waals surface area contributed by atoms with E-state index in [9.17, 15) is 0 Å². The smallest absolute Gasteiger partial charge is 0.0598 e. The molecule has 106 valence electrons. The van der Waals surface area contributed by atoms with Crippen LogP contribution in [-0.2, 0) is 13.1 Å². The maximum Gasteiger partial charge on any atom is 0.0598 e. The zero-order valence-corrected chi connectivity index (χ0v) is 12.2. The first-order chi connectivity index (χ1) is 9.79. The summed E-state index contributed by atoms with van der Waals surface area (Å²) in [7, 11) is 2.08. The third kappa shape index (κ3) is 4.31. The molecule has 0 fully saturated rings. The fourth-order valence-electron chi connectivity index (χ4n) is 2.02. The Morgan fingerprint density at radius 1 is 1.10 bits per heavy atom. The number of hydrogen-bond acceptors (Lipinski definition) is 4. The van der Waals surface area contributed by atoms with Crippen molar-refractivity contribution in [3.8, 4) is 0 Å². The predicted molar refractivity (Wildman–Crippen MR) is 82.6 cm³/mol. The van der Waals surface area contributed by atoms with Crippen molar-refractivity contribution in [3.05, 3.63) is 54.1 Å². The molecular weight excluding hydrogens is 248 g/mol. The number of pyridine rings is 2. The highest BCUT2D eigenvalue weighted by Gasteiger charge is 2.04. The first kappa shape index (κ1) is 14.5. The van der Waals surface area contributed by atoms with Gasteiger partial charge in [0.2, 0.25) is 0 Å². The van der Waals surface area contributed by atoms with Gasteiger partial charge in [-0.15, -0.1) is 0 Å². The Hall–Kier alpha value is -1.94. The van der Waals surface area contributed by atoms with E-state index in [-0.39, 0.29) is 0 Å². The van der Waals surface area contributed by atoms with Crippen LogP contribution in [0.5, 0.6) is 0 Å². The molecule has 0 saturated heterocycles. The van der Waals surface area contributed by atoms with E-state index in [1.54, 1.807) is 0 Å². The van der Waals surface area contributed by atoms with Crippen molar-refractivity contribution < 1.29 is 0 Å². The van der Waals surface area contributed by atoms with E-state index in [0.717, 1.165) is 37.4 Å². The van der Waals surface area contributed by atoms with Gasteiger partial charge in [0.05, 0.1) is 17.9 Å². The molecule has 2 rings (SSSR count). The molecule has 0 spiro atoms. The van der Waals surface area contributed by atoms with Crippen LogP contribution in [0.4, 0.5) is 5.69 Å². The Bertz CT molecular complexity index is 513. The second kappa shape index (κ2) is 7.60. The SMILES string of the molecule is CCCNCc1cc(N(C)Cc2ccccn2)ccn1. The van der Waals surface area contributed by atoms with Crippen molar-refractivity contribution >= 4 is 5.69 Å². The van der Waals surface area contributed by atoms with Crippen molar-refractivity contribution in [2.75, 3.05) is 18.5 Å². The van der Waals surface area contributed by atoms with Crippen LogP contribution >= 0.6 is 0 Å². The minimum atomic E-state index is 0.798. The van der Waals surface area contributed by atoms with Crippen LogP contribution in [0.1, 0.15) is 24.7 Å². The number of hydrogen-bond donors (Lipinski definition) is 1. The first-order valence-electron chi connectivity index (χ1n) is 7.06. The number of rotatable bonds is 7. The van der Waals surface area contributed by atoms with Crippen LogP contribution < -0.4 is 10.2 Å². The van der Waals surface area contributed by atoms with Gasteiger partial charge in [-0.3, -0.25) is 9.97 Å². The van der Waals surface area contributed by atoms with E-state index >= 15 is 0 Å². The molecule has 2 heterocycles. The lowest BCUT2D eigenvalue weighted by Crippen LogP contribution is -2.19. The lowest BCUT2D eigenvalue weighted by atomic mass is 10.2. The summed E-state index contributed by atoms with van der Waals surface area (Å²) in [6.45, 7) is 4.80. The molecule has 0 unspecified atom stereocenters. The van der Waals surface area contributed by atoms with Crippen LogP contribution in [-0.4, -0.2) is 23.6 Å². The van der Waals surface area contributed by atoms with Gasteiger partial charge in [-0.2, -0.15) is 0 Å². The van der Waals surface area contributed by atoms with E-state index in [1.165, 1.54) is 5.69 Å². The van der Waals surface area contributed by atoms with Crippen LogP contribution in [0, 0.1) is 0 Å². The summed E-state index contributed by atoms with van der Waals surface area (Å²) in [5.74, 6) is 0. The molecule has 0 atom stereocenters. The van der Waals surface area contributed by atoms with E-state index in [0.29, 0.717) is 0 Å².